The highest BCUT2D eigenvalue weighted by molar-refractivity contribution is 5.94. The Morgan fingerprint density at radius 3 is 2.14 bits per heavy atom. The first-order chi connectivity index (χ1) is 17.3. The Morgan fingerprint density at radius 2 is 1.62 bits per heavy atom. The minimum atomic E-state index is -1.31. The molecule has 1 aromatic rings. The summed E-state index contributed by atoms with van der Waals surface area (Å²) in [5, 5.41) is 25.6. The molecule has 5 atom stereocenters. The van der Waals surface area contributed by atoms with E-state index in [1.54, 1.807) is 13.8 Å². The van der Waals surface area contributed by atoms with Crippen LogP contribution in [0.4, 0.5) is 0 Å². The summed E-state index contributed by atoms with van der Waals surface area (Å²) < 4.78 is 0. The second kappa shape index (κ2) is 15.2. The number of carboxylic acid groups (broad SMARTS) is 2. The van der Waals surface area contributed by atoms with Crippen molar-refractivity contribution in [2.24, 2.45) is 17.4 Å². The van der Waals surface area contributed by atoms with Gasteiger partial charge >= 0.3 is 11.9 Å². The van der Waals surface area contributed by atoms with Crippen LogP contribution < -0.4 is 27.4 Å². The van der Waals surface area contributed by atoms with E-state index in [0.717, 1.165) is 0 Å². The van der Waals surface area contributed by atoms with Crippen LogP contribution in [0.25, 0.3) is 0 Å². The molecular formula is C22H35N7O8. The molecule has 37 heavy (non-hydrogen) atoms. The number of rotatable bonds is 17. The van der Waals surface area contributed by atoms with Gasteiger partial charge in [-0.1, -0.05) is 20.3 Å². The van der Waals surface area contributed by atoms with E-state index in [1.807, 2.05) is 0 Å². The molecule has 0 saturated heterocycles. The van der Waals surface area contributed by atoms with Gasteiger partial charge in [-0.2, -0.15) is 0 Å². The lowest BCUT2D eigenvalue weighted by Gasteiger charge is -2.28. The van der Waals surface area contributed by atoms with E-state index in [0.29, 0.717) is 12.1 Å². The highest BCUT2D eigenvalue weighted by Crippen LogP contribution is 2.11. The lowest BCUT2D eigenvalue weighted by molar-refractivity contribution is -0.142. The maximum Gasteiger partial charge on any atom is 0.326 e. The molecular weight excluding hydrogens is 490 g/mol. The van der Waals surface area contributed by atoms with E-state index in [-0.39, 0.29) is 32.1 Å². The molecule has 0 bridgehead atoms. The zero-order valence-electron chi connectivity index (χ0n) is 20.7. The molecule has 1 heterocycles. The molecule has 0 spiro atoms. The molecule has 0 radical (unpaired) electrons. The van der Waals surface area contributed by atoms with Gasteiger partial charge in [-0.25, -0.2) is 9.78 Å². The molecule has 0 aromatic carbocycles. The molecule has 0 aliphatic rings. The number of imidazole rings is 1. The fourth-order valence-electron chi connectivity index (χ4n) is 3.28. The van der Waals surface area contributed by atoms with Gasteiger partial charge < -0.3 is 42.6 Å². The third kappa shape index (κ3) is 11.1. The number of carbonyl (C=O) groups is 6. The number of nitrogens with two attached hydrogens (primary N) is 2. The number of H-pyrrole nitrogens is 1. The summed E-state index contributed by atoms with van der Waals surface area (Å²) in [6.07, 6.45) is 2.12. The molecule has 1 aromatic heterocycles. The van der Waals surface area contributed by atoms with Crippen molar-refractivity contribution in [2.75, 3.05) is 0 Å². The van der Waals surface area contributed by atoms with Crippen molar-refractivity contribution in [1.29, 1.82) is 0 Å². The fraction of sp³-hybridized carbons (Fsp3) is 0.591. The maximum absolute atomic E-state index is 13.1. The van der Waals surface area contributed by atoms with Gasteiger partial charge in [0, 0.05) is 31.2 Å². The Morgan fingerprint density at radius 1 is 0.973 bits per heavy atom. The maximum atomic E-state index is 13.1. The number of carbonyl (C=O) groups excluding carboxylic acids is 4. The molecule has 206 valence electrons. The molecule has 4 amide bonds. The normalized spacial score (nSPS) is 14.9. The predicted octanol–water partition coefficient (Wildman–Crippen LogP) is -2.01. The predicted molar refractivity (Wildman–Crippen MR) is 128 cm³/mol. The van der Waals surface area contributed by atoms with Gasteiger partial charge in [0.2, 0.25) is 23.6 Å². The van der Waals surface area contributed by atoms with E-state index in [2.05, 4.69) is 25.9 Å². The van der Waals surface area contributed by atoms with Gasteiger partial charge in [0.1, 0.15) is 18.1 Å². The highest BCUT2D eigenvalue weighted by Gasteiger charge is 2.33. The molecule has 15 nitrogen and oxygen atoms in total. The van der Waals surface area contributed by atoms with Gasteiger partial charge in [0.15, 0.2) is 0 Å². The van der Waals surface area contributed by atoms with E-state index < -0.39 is 65.7 Å². The number of aromatic nitrogens is 2. The summed E-state index contributed by atoms with van der Waals surface area (Å²) in [5.41, 5.74) is 11.3. The first-order valence-electron chi connectivity index (χ1n) is 11.7. The highest BCUT2D eigenvalue weighted by atomic mass is 16.4. The number of amides is 4. The number of hydrogen-bond donors (Lipinski definition) is 8. The number of nitrogens with zero attached hydrogens (tertiary/aromatic N) is 1. The van der Waals surface area contributed by atoms with Crippen LogP contribution in [0.15, 0.2) is 12.5 Å². The van der Waals surface area contributed by atoms with Crippen LogP contribution in [0.2, 0.25) is 0 Å². The van der Waals surface area contributed by atoms with Gasteiger partial charge in [-0.3, -0.25) is 24.0 Å². The average Bonchev–Trinajstić information content (AvgIpc) is 3.35. The zero-order chi connectivity index (χ0) is 28.1. The monoisotopic (exact) mass is 525 g/mol. The van der Waals surface area contributed by atoms with Crippen molar-refractivity contribution in [1.82, 2.24) is 25.9 Å². The number of aromatic amines is 1. The summed E-state index contributed by atoms with van der Waals surface area (Å²) in [4.78, 5) is 78.8. The largest absolute Gasteiger partial charge is 0.481 e. The summed E-state index contributed by atoms with van der Waals surface area (Å²) in [6.45, 7) is 3.44. The van der Waals surface area contributed by atoms with Crippen LogP contribution in [-0.2, 0) is 35.2 Å². The third-order valence-electron chi connectivity index (χ3n) is 5.71. The number of aliphatic carboxylic acids is 2. The standard InChI is InChI=1S/C22H35N7O8/c1-3-11(2)18(21(35)28-15(22(36)37)8-12-9-25-10-26-12)29-20(34)14(5-6-16(24)30)27-19(33)13(23)4-7-17(31)32/h9-11,13-15,18H,3-8,23H2,1-2H3,(H2,24,30)(H,25,26)(H,27,33)(H,28,35)(H,29,34)(H,31,32)(H,36,37). The first kappa shape index (κ1) is 31.0. The zero-order valence-corrected chi connectivity index (χ0v) is 20.7. The Hall–Kier alpha value is -4.01. The lowest BCUT2D eigenvalue weighted by atomic mass is 9.96. The average molecular weight is 526 g/mol. The van der Waals surface area contributed by atoms with Crippen molar-refractivity contribution in [2.45, 2.75) is 76.5 Å². The van der Waals surface area contributed by atoms with Crippen molar-refractivity contribution >= 4 is 35.6 Å². The number of primary amides is 1. The van der Waals surface area contributed by atoms with Crippen LogP contribution in [0, 0.1) is 5.92 Å². The molecule has 1 rings (SSSR count). The van der Waals surface area contributed by atoms with Crippen molar-refractivity contribution < 1.29 is 39.0 Å². The van der Waals surface area contributed by atoms with Gasteiger partial charge in [0.05, 0.1) is 12.4 Å². The van der Waals surface area contributed by atoms with E-state index in [1.165, 1.54) is 12.5 Å². The van der Waals surface area contributed by atoms with Crippen LogP contribution in [0.1, 0.15) is 51.6 Å². The quantitative estimate of drug-likeness (QED) is 0.111. The molecule has 0 fully saturated rings. The second-order valence-corrected chi connectivity index (χ2v) is 8.66. The van der Waals surface area contributed by atoms with Crippen molar-refractivity contribution in [3.8, 4) is 0 Å². The summed E-state index contributed by atoms with van der Waals surface area (Å²) in [6, 6.07) is -5.02. The number of hydrogen-bond acceptors (Lipinski definition) is 8. The molecule has 5 unspecified atom stereocenters. The number of nitrogens with one attached hydrogen (secondary N) is 4. The van der Waals surface area contributed by atoms with E-state index >= 15 is 0 Å². The molecule has 0 saturated carbocycles. The Bertz CT molecular complexity index is 953. The Balaban J connectivity index is 3.01. The van der Waals surface area contributed by atoms with Crippen molar-refractivity contribution in [3.63, 3.8) is 0 Å². The Labute approximate surface area is 213 Å². The SMILES string of the molecule is CCC(C)C(NC(=O)C(CCC(N)=O)NC(=O)C(N)CCC(=O)O)C(=O)NC(Cc1cnc[nH]1)C(=O)O. The van der Waals surface area contributed by atoms with Crippen LogP contribution in [0.5, 0.6) is 0 Å². The van der Waals surface area contributed by atoms with Crippen LogP contribution in [-0.4, -0.2) is 79.9 Å². The molecule has 15 heteroatoms. The lowest BCUT2D eigenvalue weighted by Crippen LogP contribution is -2.59. The van der Waals surface area contributed by atoms with Gasteiger partial charge in [-0.15, -0.1) is 0 Å². The molecule has 0 aliphatic carbocycles. The third-order valence-corrected chi connectivity index (χ3v) is 5.71. The second-order valence-electron chi connectivity index (χ2n) is 8.66. The number of carboxylic acids is 2. The van der Waals surface area contributed by atoms with E-state index in [4.69, 9.17) is 16.6 Å². The van der Waals surface area contributed by atoms with Crippen LogP contribution >= 0.6 is 0 Å². The van der Waals surface area contributed by atoms with E-state index in [9.17, 15) is 33.9 Å². The fourth-order valence-corrected chi connectivity index (χ4v) is 3.28. The minimum absolute atomic E-state index is 0.0756. The van der Waals surface area contributed by atoms with Gasteiger partial charge in [-0.05, 0) is 18.8 Å². The molecule has 10 N–H and O–H groups in total. The van der Waals surface area contributed by atoms with Crippen molar-refractivity contribution in [3.05, 3.63) is 18.2 Å². The summed E-state index contributed by atoms with van der Waals surface area (Å²) >= 11 is 0. The summed E-state index contributed by atoms with van der Waals surface area (Å²) in [5.74, 6) is -6.01. The molecule has 0 aliphatic heterocycles. The minimum Gasteiger partial charge on any atom is -0.481 e. The topological polar surface area (TPSA) is 260 Å². The van der Waals surface area contributed by atoms with Crippen LogP contribution in [0.3, 0.4) is 0 Å². The first-order valence-corrected chi connectivity index (χ1v) is 11.7. The smallest absolute Gasteiger partial charge is 0.326 e. The van der Waals surface area contributed by atoms with Gasteiger partial charge in [0.25, 0.3) is 0 Å². The Kier molecular flexibility index (Phi) is 12.7. The summed E-state index contributed by atoms with van der Waals surface area (Å²) in [7, 11) is 0.